The van der Waals surface area contributed by atoms with E-state index in [2.05, 4.69) is 62.4 Å². The molecule has 0 unspecified atom stereocenters. The van der Waals surface area contributed by atoms with Gasteiger partial charge in [0.15, 0.2) is 0 Å². The molecule has 0 saturated heterocycles. The molecule has 0 bridgehead atoms. The Balaban J connectivity index is -0.000000214. The fourth-order valence-electron chi connectivity index (χ4n) is 1.07. The van der Waals surface area contributed by atoms with Gasteiger partial charge >= 0.3 is 33.9 Å². The third-order valence-electron chi connectivity index (χ3n) is 1.55. The molecular formula is C12H7MnO3-. The third kappa shape index (κ3) is 6.94. The van der Waals surface area contributed by atoms with E-state index in [0.29, 0.717) is 0 Å². The van der Waals surface area contributed by atoms with Gasteiger partial charge in [-0.25, -0.2) is 0 Å². The van der Waals surface area contributed by atoms with E-state index in [4.69, 9.17) is 14.0 Å². The molecule has 81 valence electrons. The topological polar surface area (TPSA) is 59.7 Å². The Bertz CT molecular complexity index is 345. The molecule has 0 aromatic carbocycles. The van der Waals surface area contributed by atoms with Gasteiger partial charge in [-0.2, -0.15) is 24.3 Å². The van der Waals surface area contributed by atoms with E-state index in [0.717, 1.165) is 0 Å². The Hall–Kier alpha value is -1.43. The Morgan fingerprint density at radius 2 is 1.31 bits per heavy atom. The molecule has 2 aliphatic rings. The Kier molecular flexibility index (Phi) is 20.1. The smallest absolute Gasteiger partial charge is 0 e. The average Bonchev–Trinajstić information content (AvgIpc) is 2.85. The molecule has 2 aliphatic carbocycles. The van der Waals surface area contributed by atoms with E-state index in [-0.39, 0.29) is 17.1 Å². The van der Waals surface area contributed by atoms with Crippen molar-refractivity contribution in [1.82, 2.24) is 0 Å². The second kappa shape index (κ2) is 16.0. The van der Waals surface area contributed by atoms with Crippen LogP contribution in [0.15, 0.2) is 42.5 Å². The summed E-state index contributed by atoms with van der Waals surface area (Å²) in [7, 11) is 0. The van der Waals surface area contributed by atoms with Crippen LogP contribution in [-0.2, 0) is 31.0 Å². The van der Waals surface area contributed by atoms with Crippen LogP contribution >= 0.6 is 0 Å². The van der Waals surface area contributed by atoms with Crippen molar-refractivity contribution in [3.8, 4) is 11.1 Å². The number of fused-ring (bicyclic) bond motifs is 1. The number of rotatable bonds is 0. The van der Waals surface area contributed by atoms with Gasteiger partial charge in [0.05, 0.1) is 0 Å². The second-order valence-corrected chi connectivity index (χ2v) is 2.15. The van der Waals surface area contributed by atoms with Gasteiger partial charge in [0.25, 0.3) is 0 Å². The zero-order valence-corrected chi connectivity index (χ0v) is 9.32. The summed E-state index contributed by atoms with van der Waals surface area (Å²) in [6.45, 7) is 13.5. The van der Waals surface area contributed by atoms with Crippen molar-refractivity contribution in [2.75, 3.05) is 0 Å². The summed E-state index contributed by atoms with van der Waals surface area (Å²) in [6, 6.07) is 14.7. The summed E-state index contributed by atoms with van der Waals surface area (Å²) in [4.78, 5) is 0. The van der Waals surface area contributed by atoms with Gasteiger partial charge in [0.1, 0.15) is 0 Å². The van der Waals surface area contributed by atoms with Gasteiger partial charge in [-0.3, -0.25) is 0 Å². The molecule has 0 N–H and O–H groups in total. The van der Waals surface area contributed by atoms with Crippen molar-refractivity contribution in [2.24, 2.45) is 0 Å². The molecule has 4 heteroatoms. The van der Waals surface area contributed by atoms with Crippen LogP contribution in [0.3, 0.4) is 0 Å². The molecule has 1 radical (unpaired) electrons. The summed E-state index contributed by atoms with van der Waals surface area (Å²) in [5, 5.41) is 0. The SMILES string of the molecule is [C-]#[O+].[C-]#[O+].[C-]#[O+].[Mn].c1cc2cc[cH-]cc-2c1. The maximum Gasteiger partial charge on any atom is 0 e. The molecule has 0 spiro atoms. The predicted octanol–water partition coefficient (Wildman–Crippen LogP) is 2.40. The van der Waals surface area contributed by atoms with Crippen LogP contribution in [0.4, 0.5) is 0 Å². The first-order chi connectivity index (χ1) is 7.47. The molecule has 16 heavy (non-hydrogen) atoms. The number of hydrogen-bond donors (Lipinski definition) is 0. The molecule has 0 atom stereocenters. The molecule has 0 saturated carbocycles. The van der Waals surface area contributed by atoms with Gasteiger partial charge in [0, 0.05) is 17.1 Å². The van der Waals surface area contributed by atoms with Gasteiger partial charge in [-0.15, -0.1) is 17.2 Å². The molecule has 2 rings (SSSR count). The first-order valence-electron chi connectivity index (χ1n) is 3.68. The zero-order chi connectivity index (χ0) is 12.1. The maximum atomic E-state index is 7.50. The van der Waals surface area contributed by atoms with Crippen LogP contribution in [0.25, 0.3) is 11.1 Å². The van der Waals surface area contributed by atoms with Crippen molar-refractivity contribution < 1.29 is 31.0 Å². The van der Waals surface area contributed by atoms with Crippen LogP contribution in [0, 0.1) is 20.0 Å². The minimum Gasteiger partial charge on any atom is -0.172 e. The Morgan fingerprint density at radius 1 is 0.812 bits per heavy atom. The minimum atomic E-state index is 0. The van der Waals surface area contributed by atoms with E-state index in [1.54, 1.807) is 0 Å². The number of hydrogen-bond acceptors (Lipinski definition) is 0. The molecule has 0 amide bonds. The summed E-state index contributed by atoms with van der Waals surface area (Å²) in [5.74, 6) is 0. The average molecular weight is 254 g/mol. The molecule has 0 aliphatic heterocycles. The Morgan fingerprint density at radius 3 is 1.81 bits per heavy atom. The molecule has 0 heterocycles. The van der Waals surface area contributed by atoms with Gasteiger partial charge in [-0.05, 0) is 0 Å². The monoisotopic (exact) mass is 254 g/mol. The van der Waals surface area contributed by atoms with E-state index < -0.39 is 0 Å². The quantitative estimate of drug-likeness (QED) is 0.394. The first-order valence-corrected chi connectivity index (χ1v) is 3.68. The summed E-state index contributed by atoms with van der Waals surface area (Å²) in [6.07, 6.45) is 0. The minimum absolute atomic E-state index is 0. The number of benzene rings is 1. The second-order valence-electron chi connectivity index (χ2n) is 2.15. The van der Waals surface area contributed by atoms with Crippen LogP contribution in [-0.4, -0.2) is 0 Å². The van der Waals surface area contributed by atoms with Crippen LogP contribution in [0.5, 0.6) is 0 Å². The van der Waals surface area contributed by atoms with Crippen LogP contribution in [0.1, 0.15) is 0 Å². The van der Waals surface area contributed by atoms with Gasteiger partial charge < -0.3 is 0 Å². The maximum absolute atomic E-state index is 7.50. The summed E-state index contributed by atoms with van der Waals surface area (Å²) < 4.78 is 22.5. The first kappa shape index (κ1) is 20.0. The third-order valence-corrected chi connectivity index (χ3v) is 1.55. The predicted molar refractivity (Wildman–Crippen MR) is 50.4 cm³/mol. The van der Waals surface area contributed by atoms with Crippen molar-refractivity contribution in [3.63, 3.8) is 0 Å². The molecule has 0 fully saturated rings. The normalized spacial score (nSPS) is 6.12. The van der Waals surface area contributed by atoms with E-state index >= 15 is 0 Å². The van der Waals surface area contributed by atoms with Crippen molar-refractivity contribution in [2.45, 2.75) is 0 Å². The van der Waals surface area contributed by atoms with Crippen molar-refractivity contribution in [3.05, 3.63) is 62.4 Å². The summed E-state index contributed by atoms with van der Waals surface area (Å²) in [5.41, 5.74) is 2.66. The van der Waals surface area contributed by atoms with Gasteiger partial charge in [-0.1, -0.05) is 12.1 Å². The fourth-order valence-corrected chi connectivity index (χ4v) is 1.07. The molecule has 0 aromatic rings. The zero-order valence-electron chi connectivity index (χ0n) is 8.14. The van der Waals surface area contributed by atoms with Crippen molar-refractivity contribution >= 4 is 0 Å². The van der Waals surface area contributed by atoms with E-state index in [9.17, 15) is 0 Å². The summed E-state index contributed by atoms with van der Waals surface area (Å²) >= 11 is 0. The molecule has 0 aromatic heterocycles. The van der Waals surface area contributed by atoms with Crippen molar-refractivity contribution in [1.29, 1.82) is 0 Å². The fraction of sp³-hybridized carbons (Fsp3) is 0. The largest absolute Gasteiger partial charge is 0.172 e. The van der Waals surface area contributed by atoms with E-state index in [1.165, 1.54) is 11.1 Å². The van der Waals surface area contributed by atoms with Crippen LogP contribution < -0.4 is 0 Å². The molecular weight excluding hydrogens is 247 g/mol. The van der Waals surface area contributed by atoms with E-state index in [1.807, 2.05) is 0 Å². The van der Waals surface area contributed by atoms with Crippen LogP contribution in [0.2, 0.25) is 0 Å². The van der Waals surface area contributed by atoms with Gasteiger partial charge in [0.2, 0.25) is 0 Å². The molecule has 3 nitrogen and oxygen atoms in total. The standard InChI is InChI=1S/C9H7.3CO.Mn/c1-2-5-9-7-3-6-8(9)4-1;3*1-2;/h1-7H;;;;/q-1;;;;. The Labute approximate surface area is 105 Å².